The number of pyridine rings is 1. The number of nitrogens with two attached hydrogens (primary N) is 1. The van der Waals surface area contributed by atoms with Crippen LogP contribution >= 0.6 is 0 Å². The third-order valence-corrected chi connectivity index (χ3v) is 7.37. The van der Waals surface area contributed by atoms with E-state index in [4.69, 9.17) is 15.2 Å². The SMILES string of the molecule is CCOC(=O)CCS(=O)(=O)c1ccc2ncc(C(N)=O)c(CNc3cccc4c3CCO4)c2c1. The molecule has 1 aromatic heterocycles. The first kappa shape index (κ1) is 23.5. The number of carbonyl (C=O) groups excluding carboxylic acids is 2. The van der Waals surface area contributed by atoms with E-state index < -0.39 is 21.7 Å². The molecule has 2 heterocycles. The maximum atomic E-state index is 12.9. The third-order valence-electron chi connectivity index (χ3n) is 5.65. The molecule has 0 atom stereocenters. The summed E-state index contributed by atoms with van der Waals surface area (Å²) in [7, 11) is -3.77. The number of primary amides is 1. The number of amides is 1. The number of nitrogens with one attached hydrogen (secondary N) is 1. The molecule has 0 radical (unpaired) electrons. The minimum absolute atomic E-state index is 0.0305. The second-order valence-electron chi connectivity index (χ2n) is 7.80. The summed E-state index contributed by atoms with van der Waals surface area (Å²) in [4.78, 5) is 28.1. The normalized spacial score (nSPS) is 12.7. The molecular formula is C24H25N3O6S. The van der Waals surface area contributed by atoms with Gasteiger partial charge >= 0.3 is 5.97 Å². The highest BCUT2D eigenvalue weighted by Crippen LogP contribution is 2.32. The van der Waals surface area contributed by atoms with Gasteiger partial charge in [-0.1, -0.05) is 6.07 Å². The summed E-state index contributed by atoms with van der Waals surface area (Å²) in [6, 6.07) is 10.2. The molecule has 0 unspecified atom stereocenters. The molecule has 0 saturated heterocycles. The van der Waals surface area contributed by atoms with Gasteiger partial charge in [0.25, 0.3) is 5.91 Å². The van der Waals surface area contributed by atoms with Gasteiger partial charge in [0, 0.05) is 35.8 Å². The van der Waals surface area contributed by atoms with E-state index in [0.717, 1.165) is 23.4 Å². The molecule has 1 amide bonds. The first-order chi connectivity index (χ1) is 16.3. The van der Waals surface area contributed by atoms with Crippen LogP contribution in [0, 0.1) is 0 Å². The molecule has 178 valence electrons. The highest BCUT2D eigenvalue weighted by atomic mass is 32.2. The first-order valence-electron chi connectivity index (χ1n) is 10.9. The van der Waals surface area contributed by atoms with Crippen molar-refractivity contribution in [2.75, 3.05) is 24.3 Å². The van der Waals surface area contributed by atoms with Gasteiger partial charge in [0.2, 0.25) is 0 Å². The smallest absolute Gasteiger partial charge is 0.306 e. The zero-order valence-electron chi connectivity index (χ0n) is 18.7. The van der Waals surface area contributed by atoms with Crippen LogP contribution in [-0.4, -0.2) is 44.2 Å². The molecule has 34 heavy (non-hydrogen) atoms. The van der Waals surface area contributed by atoms with E-state index in [1.807, 2.05) is 18.2 Å². The monoisotopic (exact) mass is 483 g/mol. The molecule has 0 aliphatic carbocycles. The summed E-state index contributed by atoms with van der Waals surface area (Å²) < 4.78 is 36.2. The van der Waals surface area contributed by atoms with E-state index in [1.54, 1.807) is 13.0 Å². The van der Waals surface area contributed by atoms with Crippen molar-refractivity contribution >= 4 is 38.3 Å². The number of sulfone groups is 1. The molecule has 9 nitrogen and oxygen atoms in total. The number of aromatic nitrogens is 1. The van der Waals surface area contributed by atoms with Crippen molar-refractivity contribution in [3.63, 3.8) is 0 Å². The topological polar surface area (TPSA) is 138 Å². The number of rotatable bonds is 9. The lowest BCUT2D eigenvalue weighted by atomic mass is 10.0. The molecular weight excluding hydrogens is 458 g/mol. The van der Waals surface area contributed by atoms with Crippen LogP contribution in [0.5, 0.6) is 5.75 Å². The highest BCUT2D eigenvalue weighted by molar-refractivity contribution is 7.91. The minimum atomic E-state index is -3.77. The number of benzene rings is 2. The van der Waals surface area contributed by atoms with Gasteiger partial charge in [-0.25, -0.2) is 8.42 Å². The van der Waals surface area contributed by atoms with E-state index in [1.165, 1.54) is 18.3 Å². The number of fused-ring (bicyclic) bond motifs is 2. The van der Waals surface area contributed by atoms with Crippen LogP contribution < -0.4 is 15.8 Å². The predicted molar refractivity (Wildman–Crippen MR) is 127 cm³/mol. The second kappa shape index (κ2) is 9.68. The molecule has 3 N–H and O–H groups in total. The molecule has 1 aliphatic heterocycles. The van der Waals surface area contributed by atoms with Crippen LogP contribution in [0.4, 0.5) is 5.69 Å². The molecule has 4 rings (SSSR count). The number of esters is 1. The second-order valence-corrected chi connectivity index (χ2v) is 9.91. The molecule has 0 spiro atoms. The Morgan fingerprint density at radius 1 is 1.24 bits per heavy atom. The van der Waals surface area contributed by atoms with Crippen LogP contribution in [0.3, 0.4) is 0 Å². The molecule has 1 aliphatic rings. The van der Waals surface area contributed by atoms with E-state index >= 15 is 0 Å². The Morgan fingerprint density at radius 2 is 2.06 bits per heavy atom. The quantitative estimate of drug-likeness (QED) is 0.443. The summed E-state index contributed by atoms with van der Waals surface area (Å²) in [6.07, 6.45) is 1.92. The van der Waals surface area contributed by atoms with Crippen LogP contribution in [0.15, 0.2) is 47.5 Å². The van der Waals surface area contributed by atoms with Gasteiger partial charge in [-0.15, -0.1) is 0 Å². The van der Waals surface area contributed by atoms with Crippen molar-refractivity contribution in [2.24, 2.45) is 5.73 Å². The zero-order valence-corrected chi connectivity index (χ0v) is 19.5. The fourth-order valence-corrected chi connectivity index (χ4v) is 5.21. The van der Waals surface area contributed by atoms with E-state index in [-0.39, 0.29) is 35.8 Å². The molecule has 0 saturated carbocycles. The average Bonchev–Trinajstić information content (AvgIpc) is 3.30. The maximum Gasteiger partial charge on any atom is 0.306 e. The van der Waals surface area contributed by atoms with Crippen molar-refractivity contribution < 1.29 is 27.5 Å². The summed E-state index contributed by atoms with van der Waals surface area (Å²) in [5, 5.41) is 3.83. The van der Waals surface area contributed by atoms with Crippen LogP contribution in [0.1, 0.15) is 34.8 Å². The van der Waals surface area contributed by atoms with Crippen molar-refractivity contribution in [2.45, 2.75) is 31.2 Å². The van der Waals surface area contributed by atoms with Gasteiger partial charge in [-0.3, -0.25) is 14.6 Å². The fourth-order valence-electron chi connectivity index (χ4n) is 3.96. The van der Waals surface area contributed by atoms with Crippen LogP contribution in [-0.2, 0) is 32.3 Å². The first-order valence-corrected chi connectivity index (χ1v) is 12.5. The lowest BCUT2D eigenvalue weighted by molar-refractivity contribution is -0.142. The molecule has 10 heteroatoms. The van der Waals surface area contributed by atoms with Gasteiger partial charge in [-0.05, 0) is 42.8 Å². The van der Waals surface area contributed by atoms with Gasteiger partial charge in [0.05, 0.1) is 41.4 Å². The number of ether oxygens (including phenoxy) is 2. The summed E-state index contributed by atoms with van der Waals surface area (Å²) in [5.74, 6) is -0.809. The summed E-state index contributed by atoms with van der Waals surface area (Å²) >= 11 is 0. The predicted octanol–water partition coefficient (Wildman–Crippen LogP) is 2.61. The Balaban J connectivity index is 1.70. The Morgan fingerprint density at radius 3 is 2.82 bits per heavy atom. The van der Waals surface area contributed by atoms with Gasteiger partial charge in [-0.2, -0.15) is 0 Å². The molecule has 3 aromatic rings. The number of anilines is 1. The standard InChI is InChI=1S/C24H25N3O6S/c1-2-32-23(28)9-11-34(30,31)15-6-7-21-17(12-15)18(19(14-27-21)24(25)29)13-26-20-4-3-5-22-16(20)8-10-33-22/h3-7,12,14,26H,2,8-11,13H2,1H3,(H2,25,29). The Hall–Kier alpha value is -3.66. The summed E-state index contributed by atoms with van der Waals surface area (Å²) in [6.45, 7) is 2.67. The molecule has 0 bridgehead atoms. The van der Waals surface area contributed by atoms with E-state index in [2.05, 4.69) is 10.3 Å². The van der Waals surface area contributed by atoms with E-state index in [0.29, 0.717) is 23.1 Å². The molecule has 0 fully saturated rings. The average molecular weight is 484 g/mol. The maximum absolute atomic E-state index is 12.9. The largest absolute Gasteiger partial charge is 0.493 e. The minimum Gasteiger partial charge on any atom is -0.493 e. The summed E-state index contributed by atoms with van der Waals surface area (Å²) in [5.41, 5.74) is 8.77. The molecule has 2 aromatic carbocycles. The number of hydrogen-bond donors (Lipinski definition) is 2. The highest BCUT2D eigenvalue weighted by Gasteiger charge is 2.21. The Kier molecular flexibility index (Phi) is 6.69. The Bertz CT molecular complexity index is 1370. The van der Waals surface area contributed by atoms with Crippen molar-refractivity contribution in [1.82, 2.24) is 4.98 Å². The van der Waals surface area contributed by atoms with Crippen LogP contribution in [0.25, 0.3) is 10.9 Å². The lowest BCUT2D eigenvalue weighted by Crippen LogP contribution is -2.17. The van der Waals surface area contributed by atoms with Gasteiger partial charge in [0.15, 0.2) is 9.84 Å². The van der Waals surface area contributed by atoms with Gasteiger partial charge in [0.1, 0.15) is 5.75 Å². The number of hydrogen-bond acceptors (Lipinski definition) is 8. The number of carbonyl (C=O) groups is 2. The van der Waals surface area contributed by atoms with Crippen molar-refractivity contribution in [3.8, 4) is 5.75 Å². The fraction of sp³-hybridized carbons (Fsp3) is 0.292. The van der Waals surface area contributed by atoms with E-state index in [9.17, 15) is 18.0 Å². The van der Waals surface area contributed by atoms with Crippen LogP contribution in [0.2, 0.25) is 0 Å². The van der Waals surface area contributed by atoms with Gasteiger partial charge < -0.3 is 20.5 Å². The number of nitrogens with zero attached hydrogens (tertiary/aromatic N) is 1. The Labute approximate surface area is 197 Å². The third kappa shape index (κ3) is 4.81. The van der Waals surface area contributed by atoms with Crippen molar-refractivity contribution in [1.29, 1.82) is 0 Å². The van der Waals surface area contributed by atoms with Crippen molar-refractivity contribution in [3.05, 3.63) is 59.3 Å². The lowest BCUT2D eigenvalue weighted by Gasteiger charge is -2.15. The zero-order chi connectivity index (χ0) is 24.3.